The minimum Gasteiger partial charge on any atom is -0.378 e. The highest BCUT2D eigenvalue weighted by atomic mass is 16.2. The lowest BCUT2D eigenvalue weighted by molar-refractivity contribution is -0.132. The van der Waals surface area contributed by atoms with E-state index in [0.29, 0.717) is 19.5 Å². The van der Waals surface area contributed by atoms with Crippen molar-refractivity contribution in [3.63, 3.8) is 0 Å². The molecule has 0 radical (unpaired) electrons. The van der Waals surface area contributed by atoms with Crippen molar-refractivity contribution in [2.24, 2.45) is 0 Å². The van der Waals surface area contributed by atoms with Gasteiger partial charge in [-0.1, -0.05) is 78.9 Å². The predicted molar refractivity (Wildman–Crippen MR) is 159 cm³/mol. The average Bonchev–Trinajstić information content (AvgIpc) is 3.40. The van der Waals surface area contributed by atoms with Crippen LogP contribution in [0.15, 0.2) is 109 Å². The van der Waals surface area contributed by atoms with Crippen molar-refractivity contribution in [2.75, 3.05) is 25.5 Å². The van der Waals surface area contributed by atoms with E-state index in [-0.39, 0.29) is 11.8 Å². The number of carbonyl (C=O) groups is 1. The van der Waals surface area contributed by atoms with E-state index in [9.17, 15) is 4.79 Å². The normalized spacial score (nSPS) is 11.9. The maximum absolute atomic E-state index is 14.1. The van der Waals surface area contributed by atoms with Gasteiger partial charge in [-0.05, 0) is 53.8 Å². The summed E-state index contributed by atoms with van der Waals surface area (Å²) >= 11 is 0. The van der Waals surface area contributed by atoms with Gasteiger partial charge in [-0.25, -0.2) is 4.98 Å². The van der Waals surface area contributed by atoms with E-state index < -0.39 is 0 Å². The second-order valence-electron chi connectivity index (χ2n) is 10.3. The summed E-state index contributed by atoms with van der Waals surface area (Å²) < 4.78 is 2.14. The van der Waals surface area contributed by atoms with Crippen LogP contribution in [0.25, 0.3) is 5.65 Å². The fourth-order valence-corrected chi connectivity index (χ4v) is 5.13. The highest BCUT2D eigenvalue weighted by Gasteiger charge is 2.25. The number of amides is 1. The van der Waals surface area contributed by atoms with E-state index >= 15 is 0 Å². The molecular weight excluding hydrogens is 480 g/mol. The smallest absolute Gasteiger partial charge is 0.223 e. The summed E-state index contributed by atoms with van der Waals surface area (Å²) in [6.07, 6.45) is 5.17. The van der Waals surface area contributed by atoms with Gasteiger partial charge in [0.15, 0.2) is 0 Å². The molecule has 0 aliphatic carbocycles. The van der Waals surface area contributed by atoms with Crippen molar-refractivity contribution >= 4 is 17.2 Å². The first-order valence-electron chi connectivity index (χ1n) is 13.5. The zero-order chi connectivity index (χ0) is 27.2. The molecule has 5 nitrogen and oxygen atoms in total. The van der Waals surface area contributed by atoms with Gasteiger partial charge in [0.05, 0.1) is 5.69 Å². The van der Waals surface area contributed by atoms with E-state index in [2.05, 4.69) is 83.0 Å². The molecule has 0 fully saturated rings. The lowest BCUT2D eigenvalue weighted by Gasteiger charge is -2.26. The van der Waals surface area contributed by atoms with E-state index in [4.69, 9.17) is 4.98 Å². The summed E-state index contributed by atoms with van der Waals surface area (Å²) in [6, 6.07) is 33.3. The lowest BCUT2D eigenvalue weighted by atomic mass is 9.91. The van der Waals surface area contributed by atoms with Gasteiger partial charge in [-0.15, -0.1) is 0 Å². The summed E-state index contributed by atoms with van der Waals surface area (Å²) in [7, 11) is 4.08. The quantitative estimate of drug-likeness (QED) is 0.213. The molecule has 1 atom stereocenters. The Morgan fingerprint density at radius 3 is 2.18 bits per heavy atom. The molecule has 2 heterocycles. The fourth-order valence-electron chi connectivity index (χ4n) is 5.13. The van der Waals surface area contributed by atoms with Crippen LogP contribution >= 0.6 is 0 Å². The summed E-state index contributed by atoms with van der Waals surface area (Å²) in [4.78, 5) is 23.0. The Balaban J connectivity index is 1.48. The summed E-state index contributed by atoms with van der Waals surface area (Å²) in [5.41, 5.74) is 7.69. The van der Waals surface area contributed by atoms with Crippen molar-refractivity contribution in [1.29, 1.82) is 0 Å². The van der Waals surface area contributed by atoms with Crippen LogP contribution in [0.4, 0.5) is 5.69 Å². The molecular formula is C34H36N4O. The molecule has 5 rings (SSSR count). The zero-order valence-corrected chi connectivity index (χ0v) is 23.0. The number of imidazole rings is 1. The Labute approximate surface area is 231 Å². The number of benzene rings is 3. The Kier molecular flexibility index (Phi) is 8.07. The van der Waals surface area contributed by atoms with Gasteiger partial charge in [0.1, 0.15) is 5.65 Å². The van der Waals surface area contributed by atoms with E-state index in [1.54, 1.807) is 0 Å². The molecule has 2 aromatic heterocycles. The molecule has 1 unspecified atom stereocenters. The van der Waals surface area contributed by atoms with E-state index in [0.717, 1.165) is 40.1 Å². The Hall–Kier alpha value is -4.38. The molecule has 0 saturated carbocycles. The first-order chi connectivity index (χ1) is 19.0. The van der Waals surface area contributed by atoms with Crippen molar-refractivity contribution in [3.05, 3.63) is 137 Å². The number of anilines is 1. The maximum Gasteiger partial charge on any atom is 0.223 e. The van der Waals surface area contributed by atoms with Gasteiger partial charge in [0.25, 0.3) is 0 Å². The number of aromatic nitrogens is 2. The van der Waals surface area contributed by atoms with Crippen LogP contribution in [0, 0.1) is 6.92 Å². The molecule has 5 heteroatoms. The number of nitrogens with zero attached hydrogens (tertiary/aromatic N) is 4. The molecule has 5 aromatic rings. The van der Waals surface area contributed by atoms with Crippen molar-refractivity contribution in [3.8, 4) is 0 Å². The largest absolute Gasteiger partial charge is 0.378 e. The van der Waals surface area contributed by atoms with Crippen molar-refractivity contribution in [1.82, 2.24) is 14.3 Å². The summed E-state index contributed by atoms with van der Waals surface area (Å²) in [6.45, 7) is 3.32. The SMILES string of the molecule is Cc1cccn2c(C(CC(=O)N(CCc3ccccc3)Cc3ccccc3)c3ccc(N(C)C)cc3)cnc12. The lowest BCUT2D eigenvalue weighted by Crippen LogP contribution is -2.33. The molecule has 0 bridgehead atoms. The molecule has 0 saturated heterocycles. The number of carbonyl (C=O) groups excluding carboxylic acids is 1. The van der Waals surface area contributed by atoms with Crippen LogP contribution in [-0.2, 0) is 17.8 Å². The van der Waals surface area contributed by atoms with Crippen LogP contribution in [-0.4, -0.2) is 40.8 Å². The third-order valence-electron chi connectivity index (χ3n) is 7.39. The molecule has 0 aliphatic rings. The molecule has 0 N–H and O–H groups in total. The zero-order valence-electron chi connectivity index (χ0n) is 23.0. The fraction of sp³-hybridized carbons (Fsp3) is 0.235. The Morgan fingerprint density at radius 1 is 0.846 bits per heavy atom. The number of pyridine rings is 1. The minimum absolute atomic E-state index is 0.125. The Bertz CT molecular complexity index is 1510. The second-order valence-corrected chi connectivity index (χ2v) is 10.3. The van der Waals surface area contributed by atoms with Gasteiger partial charge in [-0.2, -0.15) is 0 Å². The molecule has 39 heavy (non-hydrogen) atoms. The predicted octanol–water partition coefficient (Wildman–Crippen LogP) is 6.50. The highest BCUT2D eigenvalue weighted by Crippen LogP contribution is 2.31. The number of aryl methyl sites for hydroxylation is 1. The monoisotopic (exact) mass is 516 g/mol. The first-order valence-corrected chi connectivity index (χ1v) is 13.5. The van der Waals surface area contributed by atoms with E-state index in [1.165, 1.54) is 5.56 Å². The van der Waals surface area contributed by atoms with Crippen molar-refractivity contribution < 1.29 is 4.79 Å². The number of rotatable bonds is 10. The van der Waals surface area contributed by atoms with Crippen LogP contribution < -0.4 is 4.90 Å². The number of fused-ring (bicyclic) bond motifs is 1. The van der Waals surface area contributed by atoms with Gasteiger partial charge >= 0.3 is 0 Å². The standard InChI is InChI=1S/C34H36N4O/c1-26-11-10-21-38-32(24-35-34(26)38)31(29-16-18-30(19-17-29)36(2)3)23-33(39)37(25-28-14-8-5-9-15-28)22-20-27-12-6-4-7-13-27/h4-19,21,24,31H,20,22-23,25H2,1-3H3. The molecule has 0 aliphatic heterocycles. The molecule has 0 spiro atoms. The van der Waals surface area contributed by atoms with Gasteiger partial charge in [-0.3, -0.25) is 4.79 Å². The van der Waals surface area contributed by atoms with Crippen LogP contribution in [0.2, 0.25) is 0 Å². The second kappa shape index (κ2) is 12.0. The molecule has 3 aromatic carbocycles. The number of hydrogen-bond donors (Lipinski definition) is 0. The Morgan fingerprint density at radius 2 is 1.51 bits per heavy atom. The highest BCUT2D eigenvalue weighted by molar-refractivity contribution is 5.78. The van der Waals surface area contributed by atoms with Crippen LogP contribution in [0.1, 0.15) is 40.3 Å². The summed E-state index contributed by atoms with van der Waals surface area (Å²) in [5, 5.41) is 0. The van der Waals surface area contributed by atoms with Gasteiger partial charge in [0, 0.05) is 57.6 Å². The maximum atomic E-state index is 14.1. The van der Waals surface area contributed by atoms with Crippen molar-refractivity contribution in [2.45, 2.75) is 32.2 Å². The molecule has 198 valence electrons. The van der Waals surface area contributed by atoms with Crippen LogP contribution in [0.5, 0.6) is 0 Å². The summed E-state index contributed by atoms with van der Waals surface area (Å²) in [5.74, 6) is 0.0135. The first kappa shape index (κ1) is 26.2. The van der Waals surface area contributed by atoms with Crippen LogP contribution in [0.3, 0.4) is 0 Å². The number of hydrogen-bond acceptors (Lipinski definition) is 3. The minimum atomic E-state index is -0.125. The van der Waals surface area contributed by atoms with Gasteiger partial charge < -0.3 is 14.2 Å². The topological polar surface area (TPSA) is 40.9 Å². The third kappa shape index (κ3) is 6.20. The molecule has 1 amide bonds. The average molecular weight is 517 g/mol. The third-order valence-corrected chi connectivity index (χ3v) is 7.39. The van der Waals surface area contributed by atoms with E-state index in [1.807, 2.05) is 61.7 Å². The van der Waals surface area contributed by atoms with Gasteiger partial charge in [0.2, 0.25) is 5.91 Å².